The molecule has 164 valence electrons. The molecule has 4 nitrogen and oxygen atoms in total. The molecule has 1 fully saturated rings. The third-order valence-electron chi connectivity index (χ3n) is 5.76. The molecule has 3 aromatic rings. The first kappa shape index (κ1) is 21.4. The van der Waals surface area contributed by atoms with Gasteiger partial charge in [-0.2, -0.15) is 13.2 Å². The van der Waals surface area contributed by atoms with Gasteiger partial charge in [0.15, 0.2) is 6.30 Å². The van der Waals surface area contributed by atoms with Gasteiger partial charge in [0.05, 0.1) is 11.1 Å². The highest BCUT2D eigenvalue weighted by Gasteiger charge is 2.33. The normalized spacial score (nSPS) is 18.3. The van der Waals surface area contributed by atoms with Crippen LogP contribution in [0.1, 0.15) is 29.7 Å². The van der Waals surface area contributed by atoms with Gasteiger partial charge in [0, 0.05) is 48.6 Å². The van der Waals surface area contributed by atoms with Gasteiger partial charge in [0.1, 0.15) is 0 Å². The second kappa shape index (κ2) is 8.34. The molecule has 8 heteroatoms. The van der Waals surface area contributed by atoms with Gasteiger partial charge in [-0.05, 0) is 55.3 Å². The molecule has 0 bridgehead atoms. The van der Waals surface area contributed by atoms with Crippen LogP contribution in [0.25, 0.3) is 10.9 Å². The molecule has 1 aliphatic heterocycles. The molecule has 0 radical (unpaired) electrons. The Bertz CT molecular complexity index is 1080. The smallest absolute Gasteiger partial charge is 0.378 e. The highest BCUT2D eigenvalue weighted by molar-refractivity contribution is 5.93. The summed E-state index contributed by atoms with van der Waals surface area (Å²) >= 11 is 0. The van der Waals surface area contributed by atoms with Crippen molar-refractivity contribution in [1.82, 2.24) is 10.3 Å². The van der Waals surface area contributed by atoms with E-state index in [-0.39, 0.29) is 18.2 Å². The molecule has 0 amide bonds. The Morgan fingerprint density at radius 2 is 2.00 bits per heavy atom. The number of nitrogens with zero attached hydrogens (tertiary/aromatic N) is 2. The van der Waals surface area contributed by atoms with E-state index < -0.39 is 18.0 Å². The Morgan fingerprint density at radius 3 is 2.74 bits per heavy atom. The Kier molecular flexibility index (Phi) is 5.75. The number of pyridine rings is 1. The van der Waals surface area contributed by atoms with Crippen LogP contribution in [0, 0.1) is 6.92 Å². The fraction of sp³-hybridized carbons (Fsp3) is 0.348. The van der Waals surface area contributed by atoms with Crippen molar-refractivity contribution >= 4 is 22.3 Å². The first-order chi connectivity index (χ1) is 14.8. The highest BCUT2D eigenvalue weighted by atomic mass is 19.4. The van der Waals surface area contributed by atoms with Crippen LogP contribution in [0.15, 0.2) is 48.7 Å². The number of aromatic nitrogens is 1. The van der Waals surface area contributed by atoms with Crippen LogP contribution in [0.4, 0.5) is 28.9 Å². The largest absolute Gasteiger partial charge is 0.416 e. The Morgan fingerprint density at radius 1 is 1.19 bits per heavy atom. The van der Waals surface area contributed by atoms with E-state index in [0.717, 1.165) is 28.3 Å². The lowest BCUT2D eigenvalue weighted by Crippen LogP contribution is -2.49. The highest BCUT2D eigenvalue weighted by Crippen LogP contribution is 2.36. The van der Waals surface area contributed by atoms with Crippen molar-refractivity contribution < 1.29 is 17.6 Å². The van der Waals surface area contributed by atoms with Gasteiger partial charge >= 0.3 is 6.18 Å². The first-order valence-corrected chi connectivity index (χ1v) is 10.2. The summed E-state index contributed by atoms with van der Waals surface area (Å²) in [7, 11) is 0. The van der Waals surface area contributed by atoms with Crippen LogP contribution in [-0.2, 0) is 6.18 Å². The van der Waals surface area contributed by atoms with Gasteiger partial charge in [0.2, 0.25) is 0 Å². The predicted octanol–water partition coefficient (Wildman–Crippen LogP) is 5.44. The molecule has 2 atom stereocenters. The minimum atomic E-state index is -4.40. The van der Waals surface area contributed by atoms with Crippen molar-refractivity contribution in [1.29, 1.82) is 0 Å². The zero-order valence-electron chi connectivity index (χ0n) is 17.3. The number of fused-ring (bicyclic) bond motifs is 1. The Labute approximate surface area is 178 Å². The van der Waals surface area contributed by atoms with Crippen LogP contribution >= 0.6 is 0 Å². The van der Waals surface area contributed by atoms with E-state index in [0.29, 0.717) is 18.7 Å². The zero-order chi connectivity index (χ0) is 22.2. The third kappa shape index (κ3) is 4.30. The topological polar surface area (TPSA) is 40.2 Å². The van der Waals surface area contributed by atoms with Gasteiger partial charge in [-0.1, -0.05) is 12.1 Å². The van der Waals surface area contributed by atoms with Crippen LogP contribution in [-0.4, -0.2) is 30.9 Å². The van der Waals surface area contributed by atoms with Crippen molar-refractivity contribution in [2.45, 2.75) is 32.4 Å². The molecular weight excluding hydrogens is 408 g/mol. The summed E-state index contributed by atoms with van der Waals surface area (Å²) in [5, 5.41) is 7.15. The SMILES string of the molecule is Cc1c([C@@H](C)Nc2ccnc3ccc(N4CCNC[C@H]4F)cc23)cccc1C(F)(F)F. The molecule has 1 saturated heterocycles. The molecule has 0 saturated carbocycles. The fourth-order valence-corrected chi connectivity index (χ4v) is 4.14. The zero-order valence-corrected chi connectivity index (χ0v) is 17.3. The van der Waals surface area contributed by atoms with Crippen molar-refractivity contribution in [2.75, 3.05) is 29.9 Å². The van der Waals surface area contributed by atoms with E-state index in [1.165, 1.54) is 13.0 Å². The maximum Gasteiger partial charge on any atom is 0.416 e. The molecule has 1 aromatic heterocycles. The summed E-state index contributed by atoms with van der Waals surface area (Å²) in [6.45, 7) is 4.83. The molecular formula is C23H24F4N4. The molecule has 0 spiro atoms. The van der Waals surface area contributed by atoms with Crippen LogP contribution in [0.3, 0.4) is 0 Å². The summed E-state index contributed by atoms with van der Waals surface area (Å²) in [5.41, 5.74) is 2.36. The molecule has 0 aliphatic carbocycles. The number of rotatable bonds is 4. The standard InChI is InChI=1S/C23H24F4N4/c1-14-17(4-3-5-19(14)23(25,26)27)15(2)30-21-8-9-29-20-7-6-16(12-18(20)21)31-11-10-28-13-22(31)24/h3-9,12,15,22,28H,10-11,13H2,1-2H3,(H,29,30)/t15-,22+/m1/s1. The summed E-state index contributed by atoms with van der Waals surface area (Å²) in [5.74, 6) is 0. The van der Waals surface area contributed by atoms with Crippen LogP contribution in [0.2, 0.25) is 0 Å². The Balaban J connectivity index is 1.68. The van der Waals surface area contributed by atoms with E-state index in [9.17, 15) is 17.6 Å². The monoisotopic (exact) mass is 432 g/mol. The molecule has 2 N–H and O–H groups in total. The van der Waals surface area contributed by atoms with Gasteiger partial charge in [-0.15, -0.1) is 0 Å². The lowest BCUT2D eigenvalue weighted by molar-refractivity contribution is -0.138. The van der Waals surface area contributed by atoms with Crippen molar-refractivity contribution in [3.63, 3.8) is 0 Å². The Hall–Kier alpha value is -2.87. The van der Waals surface area contributed by atoms with E-state index in [1.807, 2.05) is 25.1 Å². The molecule has 0 unspecified atom stereocenters. The maximum absolute atomic E-state index is 14.4. The van der Waals surface area contributed by atoms with Crippen LogP contribution in [0.5, 0.6) is 0 Å². The second-order valence-corrected chi connectivity index (χ2v) is 7.78. The maximum atomic E-state index is 14.4. The minimum Gasteiger partial charge on any atom is -0.378 e. The lowest BCUT2D eigenvalue weighted by atomic mass is 9.97. The van der Waals surface area contributed by atoms with E-state index in [4.69, 9.17) is 0 Å². The van der Waals surface area contributed by atoms with E-state index in [1.54, 1.807) is 23.2 Å². The summed E-state index contributed by atoms with van der Waals surface area (Å²) < 4.78 is 54.3. The number of piperazine rings is 1. The average Bonchev–Trinajstić information content (AvgIpc) is 2.73. The van der Waals surface area contributed by atoms with E-state index >= 15 is 0 Å². The second-order valence-electron chi connectivity index (χ2n) is 7.78. The predicted molar refractivity (Wildman–Crippen MR) is 115 cm³/mol. The molecule has 4 rings (SSSR count). The minimum absolute atomic E-state index is 0.204. The number of hydrogen-bond donors (Lipinski definition) is 2. The van der Waals surface area contributed by atoms with Crippen molar-refractivity contribution in [3.05, 3.63) is 65.4 Å². The number of nitrogens with one attached hydrogen (secondary N) is 2. The molecule has 31 heavy (non-hydrogen) atoms. The first-order valence-electron chi connectivity index (χ1n) is 10.2. The van der Waals surface area contributed by atoms with Gasteiger partial charge in [0.25, 0.3) is 0 Å². The molecule has 2 heterocycles. The number of halogens is 4. The van der Waals surface area contributed by atoms with Crippen molar-refractivity contribution in [3.8, 4) is 0 Å². The third-order valence-corrected chi connectivity index (χ3v) is 5.76. The number of benzene rings is 2. The van der Waals surface area contributed by atoms with Gasteiger partial charge in [-0.25, -0.2) is 4.39 Å². The lowest BCUT2D eigenvalue weighted by Gasteiger charge is -2.33. The summed E-state index contributed by atoms with van der Waals surface area (Å²) in [4.78, 5) is 6.08. The van der Waals surface area contributed by atoms with Gasteiger partial charge < -0.3 is 15.5 Å². The molecule has 2 aromatic carbocycles. The average molecular weight is 432 g/mol. The fourth-order valence-electron chi connectivity index (χ4n) is 4.14. The number of anilines is 2. The molecule has 1 aliphatic rings. The number of alkyl halides is 4. The summed E-state index contributed by atoms with van der Waals surface area (Å²) in [6, 6.07) is 11.2. The van der Waals surface area contributed by atoms with Gasteiger partial charge in [-0.3, -0.25) is 4.98 Å². The van der Waals surface area contributed by atoms with E-state index in [2.05, 4.69) is 15.6 Å². The van der Waals surface area contributed by atoms with Crippen LogP contribution < -0.4 is 15.5 Å². The van der Waals surface area contributed by atoms with Crippen molar-refractivity contribution in [2.24, 2.45) is 0 Å². The number of hydrogen-bond acceptors (Lipinski definition) is 4. The quantitative estimate of drug-likeness (QED) is 0.426. The summed E-state index contributed by atoms with van der Waals surface area (Å²) in [6.07, 6.45) is -3.87.